The third-order valence-electron chi connectivity index (χ3n) is 3.66. The summed E-state index contributed by atoms with van der Waals surface area (Å²) < 4.78 is 37.3. The number of hydrogen-bond donors (Lipinski definition) is 3. The lowest BCUT2D eigenvalue weighted by molar-refractivity contribution is -0.184. The van der Waals surface area contributed by atoms with Crippen molar-refractivity contribution in [3.63, 3.8) is 0 Å². The molecule has 0 aliphatic rings. The lowest BCUT2D eigenvalue weighted by atomic mass is 10.1. The summed E-state index contributed by atoms with van der Waals surface area (Å²) in [5, 5.41) is 4.93. The highest BCUT2D eigenvalue weighted by Gasteiger charge is 2.41. The van der Waals surface area contributed by atoms with Crippen molar-refractivity contribution in [2.24, 2.45) is 11.7 Å². The number of nitrogens with zero attached hydrogens (tertiary/aromatic N) is 1. The lowest BCUT2D eigenvalue weighted by Crippen LogP contribution is -2.46. The quantitative estimate of drug-likeness (QED) is 0.654. The third kappa shape index (κ3) is 7.26. The molecule has 0 saturated heterocycles. The van der Waals surface area contributed by atoms with E-state index < -0.39 is 29.9 Å². The molecule has 3 amide bonds. The molecule has 0 heterocycles. The van der Waals surface area contributed by atoms with Crippen LogP contribution in [0.1, 0.15) is 19.4 Å². The molecule has 0 saturated carbocycles. The molecule has 0 fully saturated rings. The van der Waals surface area contributed by atoms with Crippen LogP contribution in [0, 0.1) is 5.92 Å². The third-order valence-corrected chi connectivity index (χ3v) is 3.66. The molecule has 1 rings (SSSR count). The average molecular weight is 388 g/mol. The Morgan fingerprint density at radius 1 is 1.22 bits per heavy atom. The Morgan fingerprint density at radius 3 is 2.41 bits per heavy atom. The van der Waals surface area contributed by atoms with Gasteiger partial charge in [-0.1, -0.05) is 26.0 Å². The summed E-state index contributed by atoms with van der Waals surface area (Å²) in [6, 6.07) is 5.31. The van der Waals surface area contributed by atoms with Crippen molar-refractivity contribution in [1.29, 1.82) is 0 Å². The van der Waals surface area contributed by atoms with Gasteiger partial charge in [0.1, 0.15) is 0 Å². The Balaban J connectivity index is 2.62. The van der Waals surface area contributed by atoms with Crippen LogP contribution in [0.4, 0.5) is 18.9 Å². The van der Waals surface area contributed by atoms with E-state index in [1.54, 1.807) is 13.8 Å². The van der Waals surface area contributed by atoms with E-state index in [0.717, 1.165) is 7.05 Å². The van der Waals surface area contributed by atoms with Gasteiger partial charge in [0.05, 0.1) is 12.6 Å². The SMILES string of the molecule is CC(C)[C@H](N)C(=O)NCC(=O)Nc1cccc(CN(C)C(=O)C(F)(F)F)c1. The van der Waals surface area contributed by atoms with Crippen LogP contribution >= 0.6 is 0 Å². The molecule has 4 N–H and O–H groups in total. The zero-order chi connectivity index (χ0) is 20.8. The molecule has 7 nitrogen and oxygen atoms in total. The van der Waals surface area contributed by atoms with Crippen LogP contribution in [0.2, 0.25) is 0 Å². The van der Waals surface area contributed by atoms with E-state index in [2.05, 4.69) is 10.6 Å². The number of halogens is 3. The molecule has 0 unspecified atom stereocenters. The van der Waals surface area contributed by atoms with E-state index in [9.17, 15) is 27.6 Å². The Bertz CT molecular complexity index is 692. The zero-order valence-electron chi connectivity index (χ0n) is 15.3. The number of hydrogen-bond acceptors (Lipinski definition) is 4. The highest BCUT2D eigenvalue weighted by molar-refractivity contribution is 5.95. The zero-order valence-corrected chi connectivity index (χ0v) is 15.3. The van der Waals surface area contributed by atoms with E-state index >= 15 is 0 Å². The number of alkyl halides is 3. The molecule has 0 aliphatic heterocycles. The number of carbonyl (C=O) groups is 3. The van der Waals surface area contributed by atoms with Crippen molar-refractivity contribution in [3.05, 3.63) is 29.8 Å². The first-order valence-electron chi connectivity index (χ1n) is 8.16. The number of carbonyl (C=O) groups excluding carboxylic acids is 3. The van der Waals surface area contributed by atoms with Gasteiger partial charge in [-0.25, -0.2) is 0 Å². The Kier molecular flexibility index (Phi) is 7.77. The summed E-state index contributed by atoms with van der Waals surface area (Å²) in [4.78, 5) is 35.3. The smallest absolute Gasteiger partial charge is 0.346 e. The van der Waals surface area contributed by atoms with E-state index in [1.165, 1.54) is 24.3 Å². The van der Waals surface area contributed by atoms with Crippen LogP contribution in [0.5, 0.6) is 0 Å². The van der Waals surface area contributed by atoms with Crippen molar-refractivity contribution in [3.8, 4) is 0 Å². The first-order valence-corrected chi connectivity index (χ1v) is 8.16. The fraction of sp³-hybridized carbons (Fsp3) is 0.471. The number of nitrogens with two attached hydrogens (primary N) is 1. The van der Waals surface area contributed by atoms with Crippen molar-refractivity contribution in [2.45, 2.75) is 32.6 Å². The topological polar surface area (TPSA) is 105 Å². The highest BCUT2D eigenvalue weighted by Crippen LogP contribution is 2.19. The maximum Gasteiger partial charge on any atom is 0.471 e. The van der Waals surface area contributed by atoms with E-state index in [1.807, 2.05) is 0 Å². The molecule has 0 aromatic heterocycles. The molecule has 27 heavy (non-hydrogen) atoms. The van der Waals surface area contributed by atoms with Crippen molar-refractivity contribution >= 4 is 23.4 Å². The maximum atomic E-state index is 12.4. The maximum absolute atomic E-state index is 12.4. The second-order valence-corrected chi connectivity index (χ2v) is 6.40. The summed E-state index contributed by atoms with van der Waals surface area (Å²) in [7, 11) is 1.04. The minimum atomic E-state index is -4.95. The summed E-state index contributed by atoms with van der Waals surface area (Å²) >= 11 is 0. The molecule has 1 aromatic carbocycles. The number of nitrogens with one attached hydrogen (secondary N) is 2. The van der Waals surface area contributed by atoms with Gasteiger partial charge in [-0.15, -0.1) is 0 Å². The summed E-state index contributed by atoms with van der Waals surface area (Å²) in [6.07, 6.45) is -4.95. The predicted octanol–water partition coefficient (Wildman–Crippen LogP) is 1.25. The van der Waals surface area contributed by atoms with Gasteiger partial charge in [0.15, 0.2) is 0 Å². The number of amides is 3. The number of anilines is 1. The molecule has 0 bridgehead atoms. The minimum Gasteiger partial charge on any atom is -0.346 e. The summed E-state index contributed by atoms with van der Waals surface area (Å²) in [5.74, 6) is -3.01. The molecule has 1 aromatic rings. The average Bonchev–Trinajstić information content (AvgIpc) is 2.57. The first kappa shape index (κ1) is 22.4. The Hall–Kier alpha value is -2.62. The summed E-state index contributed by atoms with van der Waals surface area (Å²) in [6.45, 7) is 2.98. The monoisotopic (exact) mass is 388 g/mol. The van der Waals surface area contributed by atoms with Gasteiger partial charge in [-0.05, 0) is 23.6 Å². The molecular weight excluding hydrogens is 365 g/mol. The van der Waals surface area contributed by atoms with Crippen LogP contribution in [0.25, 0.3) is 0 Å². The van der Waals surface area contributed by atoms with Crippen LogP contribution in [0.15, 0.2) is 24.3 Å². The molecule has 1 atom stereocenters. The van der Waals surface area contributed by atoms with Crippen LogP contribution in [-0.2, 0) is 20.9 Å². The molecule has 0 aliphatic carbocycles. The van der Waals surface area contributed by atoms with Crippen molar-refractivity contribution < 1.29 is 27.6 Å². The van der Waals surface area contributed by atoms with Crippen molar-refractivity contribution in [1.82, 2.24) is 10.2 Å². The van der Waals surface area contributed by atoms with Crippen LogP contribution < -0.4 is 16.4 Å². The standard InChI is InChI=1S/C17H23F3N4O3/c1-10(2)14(21)15(26)22-8-13(25)23-12-6-4-5-11(7-12)9-24(3)16(27)17(18,19)20/h4-7,10,14H,8-9,21H2,1-3H3,(H,22,26)(H,23,25)/t14-/m0/s1. The molecular formula is C17H23F3N4O3. The largest absolute Gasteiger partial charge is 0.471 e. The van der Waals surface area contributed by atoms with E-state index in [-0.39, 0.29) is 19.0 Å². The molecule has 150 valence electrons. The summed E-state index contributed by atoms with van der Waals surface area (Å²) in [5.41, 5.74) is 6.39. The van der Waals surface area contributed by atoms with E-state index in [4.69, 9.17) is 5.73 Å². The highest BCUT2D eigenvalue weighted by atomic mass is 19.4. The number of benzene rings is 1. The van der Waals surface area contributed by atoms with Crippen LogP contribution in [-0.4, -0.2) is 48.4 Å². The Labute approximate surface area is 155 Å². The fourth-order valence-electron chi connectivity index (χ4n) is 2.10. The van der Waals surface area contributed by atoms with Gasteiger partial charge >= 0.3 is 12.1 Å². The second kappa shape index (κ2) is 9.36. The molecule has 0 radical (unpaired) electrons. The van der Waals surface area contributed by atoms with Gasteiger partial charge in [0.2, 0.25) is 11.8 Å². The molecule has 0 spiro atoms. The number of rotatable bonds is 7. The normalized spacial score (nSPS) is 12.4. The molecule has 10 heteroatoms. The van der Waals surface area contributed by atoms with Gasteiger partial charge in [0, 0.05) is 19.3 Å². The predicted molar refractivity (Wildman–Crippen MR) is 93.4 cm³/mol. The second-order valence-electron chi connectivity index (χ2n) is 6.40. The van der Waals surface area contributed by atoms with E-state index in [0.29, 0.717) is 16.2 Å². The Morgan fingerprint density at radius 2 is 1.85 bits per heavy atom. The van der Waals surface area contributed by atoms with Gasteiger partial charge in [0.25, 0.3) is 0 Å². The van der Waals surface area contributed by atoms with Gasteiger partial charge < -0.3 is 21.3 Å². The van der Waals surface area contributed by atoms with Gasteiger partial charge in [-0.3, -0.25) is 14.4 Å². The van der Waals surface area contributed by atoms with Crippen molar-refractivity contribution in [2.75, 3.05) is 18.9 Å². The first-order chi connectivity index (χ1) is 12.4. The minimum absolute atomic E-state index is 0.0823. The lowest BCUT2D eigenvalue weighted by Gasteiger charge is -2.19. The van der Waals surface area contributed by atoms with Gasteiger partial charge in [-0.2, -0.15) is 13.2 Å². The van der Waals surface area contributed by atoms with Crippen LogP contribution in [0.3, 0.4) is 0 Å². The fourth-order valence-corrected chi connectivity index (χ4v) is 2.10.